The lowest BCUT2D eigenvalue weighted by atomic mass is 10.1. The van der Waals surface area contributed by atoms with E-state index >= 15 is 0 Å². The number of aromatic nitrogens is 2. The van der Waals surface area contributed by atoms with E-state index in [2.05, 4.69) is 4.98 Å². The van der Waals surface area contributed by atoms with E-state index in [1.165, 1.54) is 30.6 Å². The third-order valence-corrected chi connectivity index (χ3v) is 2.31. The Hall–Kier alpha value is -2.50. The van der Waals surface area contributed by atoms with Crippen LogP contribution in [0.3, 0.4) is 0 Å². The summed E-state index contributed by atoms with van der Waals surface area (Å²) in [6, 6.07) is 5.80. The normalized spacial score (nSPS) is 10.2. The zero-order valence-corrected chi connectivity index (χ0v) is 9.03. The number of rotatable bonds is 2. The third kappa shape index (κ3) is 2.20. The molecule has 1 aromatic heterocycles. The minimum atomic E-state index is -0.481. The molecule has 0 aliphatic carbocycles. The van der Waals surface area contributed by atoms with Crippen LogP contribution in [0.25, 0.3) is 11.1 Å². The number of hydrogen-bond acceptors (Lipinski definition) is 4. The maximum atomic E-state index is 11.5. The summed E-state index contributed by atoms with van der Waals surface area (Å²) in [5.41, 5.74) is 0.681. The largest absolute Gasteiger partial charge is 0.341 e. The maximum Gasteiger partial charge on any atom is 0.280 e. The smallest absolute Gasteiger partial charge is 0.280 e. The molecule has 6 nitrogen and oxygen atoms in total. The highest BCUT2D eigenvalue weighted by atomic mass is 16.6. The Balaban J connectivity index is 2.50. The van der Waals surface area contributed by atoms with Crippen LogP contribution in [-0.2, 0) is 7.05 Å². The first-order chi connectivity index (χ1) is 8.08. The molecule has 0 amide bonds. The Morgan fingerprint density at radius 1 is 1.29 bits per heavy atom. The fraction of sp³-hybridized carbons (Fsp3) is 0.0909. The Kier molecular flexibility index (Phi) is 2.70. The monoisotopic (exact) mass is 231 g/mol. The van der Waals surface area contributed by atoms with Gasteiger partial charge in [0.05, 0.1) is 16.8 Å². The molecule has 0 aliphatic rings. The molecule has 0 saturated carbocycles. The van der Waals surface area contributed by atoms with Crippen LogP contribution in [0.5, 0.6) is 0 Å². The lowest BCUT2D eigenvalue weighted by Gasteiger charge is -2.02. The molecule has 86 valence electrons. The maximum absolute atomic E-state index is 11.5. The van der Waals surface area contributed by atoms with E-state index in [1.54, 1.807) is 17.8 Å². The van der Waals surface area contributed by atoms with Gasteiger partial charge in [-0.05, 0) is 17.7 Å². The minimum absolute atomic E-state index is 0.00513. The molecule has 17 heavy (non-hydrogen) atoms. The van der Waals surface area contributed by atoms with E-state index < -0.39 is 4.92 Å². The molecule has 2 rings (SSSR count). The van der Waals surface area contributed by atoms with Gasteiger partial charge in [-0.25, -0.2) is 0 Å². The summed E-state index contributed by atoms with van der Waals surface area (Å²) in [7, 11) is 1.75. The van der Waals surface area contributed by atoms with Crippen molar-refractivity contribution in [3.05, 3.63) is 57.3 Å². The fourth-order valence-electron chi connectivity index (χ4n) is 1.47. The molecule has 0 unspecified atom stereocenters. The van der Waals surface area contributed by atoms with Gasteiger partial charge in [0.15, 0.2) is 0 Å². The quantitative estimate of drug-likeness (QED) is 0.577. The molecule has 0 N–H and O–H groups in total. The number of non-ortho nitro benzene ring substituents is 1. The van der Waals surface area contributed by atoms with Gasteiger partial charge in [0, 0.05) is 25.4 Å². The van der Waals surface area contributed by atoms with Gasteiger partial charge >= 0.3 is 0 Å². The zero-order valence-electron chi connectivity index (χ0n) is 9.03. The molecular weight excluding hydrogens is 222 g/mol. The minimum Gasteiger partial charge on any atom is -0.341 e. The second kappa shape index (κ2) is 4.17. The zero-order chi connectivity index (χ0) is 12.4. The van der Waals surface area contributed by atoms with Gasteiger partial charge in [0.2, 0.25) is 0 Å². The second-order valence-corrected chi connectivity index (χ2v) is 3.56. The Morgan fingerprint density at radius 2 is 1.94 bits per heavy atom. The fourth-order valence-corrected chi connectivity index (χ4v) is 1.47. The molecule has 0 fully saturated rings. The SMILES string of the molecule is Cn1cnc(=O)c(-c2ccc([N+](=O)[O-])cc2)c1. The van der Waals surface area contributed by atoms with Crippen molar-refractivity contribution in [2.75, 3.05) is 0 Å². The first kappa shape index (κ1) is 11.0. The van der Waals surface area contributed by atoms with E-state index in [0.29, 0.717) is 11.1 Å². The topological polar surface area (TPSA) is 78.0 Å². The van der Waals surface area contributed by atoms with E-state index in [9.17, 15) is 14.9 Å². The molecule has 1 heterocycles. The van der Waals surface area contributed by atoms with Crippen molar-refractivity contribution in [1.29, 1.82) is 0 Å². The van der Waals surface area contributed by atoms with Crippen LogP contribution in [0.4, 0.5) is 5.69 Å². The number of hydrogen-bond donors (Lipinski definition) is 0. The van der Waals surface area contributed by atoms with Crippen molar-refractivity contribution in [3.8, 4) is 11.1 Å². The van der Waals surface area contributed by atoms with Gasteiger partial charge in [0.25, 0.3) is 11.2 Å². The van der Waals surface area contributed by atoms with Crippen LogP contribution in [-0.4, -0.2) is 14.5 Å². The van der Waals surface area contributed by atoms with Gasteiger partial charge in [-0.3, -0.25) is 14.9 Å². The van der Waals surface area contributed by atoms with Crippen LogP contribution in [0, 0.1) is 10.1 Å². The number of benzene rings is 1. The van der Waals surface area contributed by atoms with Crippen LogP contribution >= 0.6 is 0 Å². The molecule has 0 saturated heterocycles. The molecular formula is C11H9N3O3. The first-order valence-electron chi connectivity index (χ1n) is 4.85. The van der Waals surface area contributed by atoms with E-state index in [4.69, 9.17) is 0 Å². The molecule has 0 aliphatic heterocycles. The highest BCUT2D eigenvalue weighted by Gasteiger charge is 2.08. The predicted octanol–water partition coefficient (Wildman–Crippen LogP) is 1.36. The molecule has 2 aromatic rings. The molecule has 0 bridgehead atoms. The van der Waals surface area contributed by atoms with Crippen molar-refractivity contribution in [1.82, 2.24) is 9.55 Å². The molecule has 6 heteroatoms. The number of aryl methyl sites for hydroxylation is 1. The van der Waals surface area contributed by atoms with Crippen molar-refractivity contribution in [3.63, 3.8) is 0 Å². The van der Waals surface area contributed by atoms with Crippen molar-refractivity contribution >= 4 is 5.69 Å². The molecule has 0 radical (unpaired) electrons. The van der Waals surface area contributed by atoms with E-state index in [0.717, 1.165) is 0 Å². The lowest BCUT2D eigenvalue weighted by molar-refractivity contribution is -0.384. The highest BCUT2D eigenvalue weighted by molar-refractivity contribution is 5.62. The third-order valence-electron chi connectivity index (χ3n) is 2.31. The van der Waals surface area contributed by atoms with Gasteiger partial charge in [-0.1, -0.05) is 0 Å². The van der Waals surface area contributed by atoms with Crippen molar-refractivity contribution in [2.24, 2.45) is 7.05 Å². The molecule has 1 aromatic carbocycles. The van der Waals surface area contributed by atoms with Gasteiger partial charge in [-0.15, -0.1) is 0 Å². The average molecular weight is 231 g/mol. The van der Waals surface area contributed by atoms with Gasteiger partial charge in [0.1, 0.15) is 0 Å². The van der Waals surface area contributed by atoms with Crippen LogP contribution in [0.1, 0.15) is 0 Å². The summed E-state index contributed by atoms with van der Waals surface area (Å²) in [4.78, 5) is 25.2. The Morgan fingerprint density at radius 3 is 2.53 bits per heavy atom. The average Bonchev–Trinajstić information content (AvgIpc) is 2.32. The van der Waals surface area contributed by atoms with Crippen LogP contribution in [0.15, 0.2) is 41.6 Å². The summed E-state index contributed by atoms with van der Waals surface area (Å²) in [5, 5.41) is 10.5. The number of nitro benzene ring substituents is 1. The summed E-state index contributed by atoms with van der Waals surface area (Å²) in [6.45, 7) is 0. The van der Waals surface area contributed by atoms with Crippen molar-refractivity contribution in [2.45, 2.75) is 0 Å². The first-order valence-corrected chi connectivity index (χ1v) is 4.85. The molecule has 0 spiro atoms. The molecule has 0 atom stereocenters. The summed E-state index contributed by atoms with van der Waals surface area (Å²) < 4.78 is 1.65. The van der Waals surface area contributed by atoms with Gasteiger partial charge < -0.3 is 4.57 Å². The number of nitro groups is 1. The Labute approximate surface area is 96.3 Å². The number of nitrogens with zero attached hydrogens (tertiary/aromatic N) is 3. The van der Waals surface area contributed by atoms with Crippen molar-refractivity contribution < 1.29 is 4.92 Å². The lowest BCUT2D eigenvalue weighted by Crippen LogP contribution is -2.11. The Bertz CT molecular complexity index is 617. The van der Waals surface area contributed by atoms with Crippen LogP contribution < -0.4 is 5.56 Å². The highest BCUT2D eigenvalue weighted by Crippen LogP contribution is 2.18. The summed E-state index contributed by atoms with van der Waals surface area (Å²) in [6.07, 6.45) is 3.05. The predicted molar refractivity (Wildman–Crippen MR) is 61.6 cm³/mol. The van der Waals surface area contributed by atoms with Crippen LogP contribution in [0.2, 0.25) is 0 Å². The van der Waals surface area contributed by atoms with Gasteiger partial charge in [-0.2, -0.15) is 4.98 Å². The standard InChI is InChI=1S/C11H9N3O3/c1-13-6-10(11(15)12-7-13)8-2-4-9(5-3-8)14(16)17/h2-7H,1H3. The summed E-state index contributed by atoms with van der Waals surface area (Å²) in [5.74, 6) is 0. The van der Waals surface area contributed by atoms with E-state index in [-0.39, 0.29) is 11.2 Å². The second-order valence-electron chi connectivity index (χ2n) is 3.56. The van der Waals surface area contributed by atoms with E-state index in [1.807, 2.05) is 0 Å². The summed E-state index contributed by atoms with van der Waals surface area (Å²) >= 11 is 0.